The fourth-order valence-corrected chi connectivity index (χ4v) is 1.72. The van der Waals surface area contributed by atoms with Crippen LogP contribution in [-0.2, 0) is 9.53 Å². The highest BCUT2D eigenvalue weighted by molar-refractivity contribution is 9.10. The maximum Gasteiger partial charge on any atom is 0.257 e. The average Bonchev–Trinajstić information content (AvgIpc) is 2.42. The Bertz CT molecular complexity index is 471. The molecular weight excluding hydrogens is 312 g/mol. The first-order chi connectivity index (χ1) is 9.17. The molecule has 0 spiro atoms. The quantitative estimate of drug-likeness (QED) is 0.776. The molecule has 0 aliphatic carbocycles. The lowest BCUT2D eigenvalue weighted by molar-refractivity contribution is -0.123. The largest absolute Gasteiger partial charge is 0.482 e. The van der Waals surface area contributed by atoms with Gasteiger partial charge in [0, 0.05) is 24.7 Å². The fourth-order valence-electron chi connectivity index (χ4n) is 1.35. The van der Waals surface area contributed by atoms with Gasteiger partial charge in [0.25, 0.3) is 5.91 Å². The molecule has 1 aromatic rings. The van der Waals surface area contributed by atoms with Crippen LogP contribution in [0.4, 0.5) is 0 Å². The Balaban J connectivity index is 2.40. The summed E-state index contributed by atoms with van der Waals surface area (Å²) in [7, 11) is 1.61. The minimum atomic E-state index is -0.220. The lowest BCUT2D eigenvalue weighted by Crippen LogP contribution is -2.30. The molecule has 0 bridgehead atoms. The molecule has 1 N–H and O–H groups in total. The minimum Gasteiger partial charge on any atom is -0.482 e. The highest BCUT2D eigenvalue weighted by Gasteiger charge is 2.07. The number of benzene rings is 1. The first-order valence-electron chi connectivity index (χ1n) is 5.75. The summed E-state index contributed by atoms with van der Waals surface area (Å²) in [5.74, 6) is 0.181. The second kappa shape index (κ2) is 8.51. The molecule has 0 aliphatic rings. The van der Waals surface area contributed by atoms with Gasteiger partial charge in [-0.25, -0.2) is 0 Å². The van der Waals surface area contributed by atoms with Crippen molar-refractivity contribution in [2.24, 2.45) is 0 Å². The molecule has 0 atom stereocenters. The Morgan fingerprint density at radius 3 is 3.00 bits per heavy atom. The minimum absolute atomic E-state index is 0.108. The van der Waals surface area contributed by atoms with Gasteiger partial charge in [-0.3, -0.25) is 4.79 Å². The fraction of sp³-hybridized carbons (Fsp3) is 0.385. The molecule has 1 amide bonds. The zero-order valence-corrected chi connectivity index (χ0v) is 12.2. The van der Waals surface area contributed by atoms with Crippen LogP contribution in [0, 0.1) is 11.3 Å². The second-order valence-electron chi connectivity index (χ2n) is 3.74. The number of carbonyl (C=O) groups is 1. The number of halogens is 1. The van der Waals surface area contributed by atoms with E-state index in [1.165, 1.54) is 0 Å². The van der Waals surface area contributed by atoms with Crippen molar-refractivity contribution in [2.75, 3.05) is 26.9 Å². The third-order valence-electron chi connectivity index (χ3n) is 2.27. The maximum atomic E-state index is 11.5. The van der Waals surface area contributed by atoms with Gasteiger partial charge >= 0.3 is 0 Å². The van der Waals surface area contributed by atoms with Crippen molar-refractivity contribution >= 4 is 21.8 Å². The average molecular weight is 327 g/mol. The number of hydrogen-bond donors (Lipinski definition) is 1. The van der Waals surface area contributed by atoms with E-state index >= 15 is 0 Å². The SMILES string of the molecule is COCCCNC(=O)COc1ccc(Br)cc1C#N. The predicted octanol–water partition coefficient (Wildman–Crippen LogP) is 1.85. The molecular formula is C13H15BrN2O3. The van der Waals surface area contributed by atoms with E-state index in [1.807, 2.05) is 6.07 Å². The van der Waals surface area contributed by atoms with Crippen molar-refractivity contribution in [3.63, 3.8) is 0 Å². The van der Waals surface area contributed by atoms with E-state index < -0.39 is 0 Å². The standard InChI is InChI=1S/C13H15BrN2O3/c1-18-6-2-5-16-13(17)9-19-12-4-3-11(14)7-10(12)8-15/h3-4,7H,2,5-6,9H2,1H3,(H,16,17). The molecule has 0 aliphatic heterocycles. The second-order valence-corrected chi connectivity index (χ2v) is 4.65. The van der Waals surface area contributed by atoms with Gasteiger partial charge in [0.15, 0.2) is 6.61 Å². The smallest absolute Gasteiger partial charge is 0.257 e. The summed E-state index contributed by atoms with van der Waals surface area (Å²) >= 11 is 3.27. The van der Waals surface area contributed by atoms with Gasteiger partial charge in [-0.05, 0) is 24.6 Å². The van der Waals surface area contributed by atoms with Gasteiger partial charge in [0.1, 0.15) is 11.8 Å². The van der Waals surface area contributed by atoms with Gasteiger partial charge < -0.3 is 14.8 Å². The Morgan fingerprint density at radius 2 is 2.32 bits per heavy atom. The van der Waals surface area contributed by atoms with Gasteiger partial charge in [-0.15, -0.1) is 0 Å². The summed E-state index contributed by atoms with van der Waals surface area (Å²) in [4.78, 5) is 11.5. The molecule has 0 unspecified atom stereocenters. The third kappa shape index (κ3) is 5.73. The Morgan fingerprint density at radius 1 is 1.53 bits per heavy atom. The van der Waals surface area contributed by atoms with Crippen molar-refractivity contribution in [3.05, 3.63) is 28.2 Å². The number of amides is 1. The summed E-state index contributed by atoms with van der Waals surface area (Å²) < 4.78 is 11.0. The molecule has 102 valence electrons. The van der Waals surface area contributed by atoms with E-state index in [9.17, 15) is 4.79 Å². The molecule has 6 heteroatoms. The van der Waals surface area contributed by atoms with Crippen molar-refractivity contribution in [2.45, 2.75) is 6.42 Å². The topological polar surface area (TPSA) is 71.3 Å². The number of rotatable bonds is 7. The molecule has 19 heavy (non-hydrogen) atoms. The summed E-state index contributed by atoms with van der Waals surface area (Å²) in [5.41, 5.74) is 0.390. The highest BCUT2D eigenvalue weighted by atomic mass is 79.9. The summed E-state index contributed by atoms with van der Waals surface area (Å²) in [6, 6.07) is 7.07. The number of carbonyl (C=O) groups excluding carboxylic acids is 1. The number of methoxy groups -OCH3 is 1. The van der Waals surface area contributed by atoms with Crippen LogP contribution in [0.15, 0.2) is 22.7 Å². The number of hydrogen-bond acceptors (Lipinski definition) is 4. The normalized spacial score (nSPS) is 9.74. The Hall–Kier alpha value is -1.58. The summed E-state index contributed by atoms with van der Waals surface area (Å²) in [6.45, 7) is 1.04. The van der Waals surface area contributed by atoms with Crippen LogP contribution in [0.5, 0.6) is 5.75 Å². The van der Waals surface area contributed by atoms with Gasteiger partial charge in [0.2, 0.25) is 0 Å². The molecule has 1 aromatic carbocycles. The molecule has 5 nitrogen and oxygen atoms in total. The summed E-state index contributed by atoms with van der Waals surface area (Å²) in [6.07, 6.45) is 0.754. The zero-order chi connectivity index (χ0) is 14.1. The number of nitriles is 1. The lowest BCUT2D eigenvalue weighted by Gasteiger charge is -2.08. The van der Waals surface area contributed by atoms with Crippen LogP contribution in [0.2, 0.25) is 0 Å². The van der Waals surface area contributed by atoms with E-state index in [2.05, 4.69) is 21.2 Å². The lowest BCUT2D eigenvalue weighted by atomic mass is 10.2. The van der Waals surface area contributed by atoms with Crippen LogP contribution in [0.1, 0.15) is 12.0 Å². The Kier molecular flexibility index (Phi) is 6.93. The Labute approximate surface area is 120 Å². The predicted molar refractivity (Wildman–Crippen MR) is 73.9 cm³/mol. The first kappa shape index (κ1) is 15.5. The summed E-state index contributed by atoms with van der Waals surface area (Å²) in [5, 5.41) is 11.6. The van der Waals surface area contributed by atoms with Crippen LogP contribution in [-0.4, -0.2) is 32.8 Å². The first-order valence-corrected chi connectivity index (χ1v) is 6.54. The van der Waals surface area contributed by atoms with Crippen LogP contribution in [0.25, 0.3) is 0 Å². The van der Waals surface area contributed by atoms with Crippen molar-refractivity contribution in [1.29, 1.82) is 5.26 Å². The van der Waals surface area contributed by atoms with Crippen molar-refractivity contribution in [1.82, 2.24) is 5.32 Å². The van der Waals surface area contributed by atoms with Gasteiger partial charge in [-0.1, -0.05) is 15.9 Å². The molecule has 0 saturated heterocycles. The molecule has 0 saturated carbocycles. The van der Waals surface area contributed by atoms with Crippen molar-refractivity contribution in [3.8, 4) is 11.8 Å². The number of ether oxygens (including phenoxy) is 2. The van der Waals surface area contributed by atoms with E-state index in [1.54, 1.807) is 25.3 Å². The monoisotopic (exact) mass is 326 g/mol. The van der Waals surface area contributed by atoms with E-state index in [0.29, 0.717) is 24.5 Å². The number of nitrogens with zero attached hydrogens (tertiary/aromatic N) is 1. The van der Waals surface area contributed by atoms with Crippen LogP contribution >= 0.6 is 15.9 Å². The van der Waals surface area contributed by atoms with Crippen molar-refractivity contribution < 1.29 is 14.3 Å². The third-order valence-corrected chi connectivity index (χ3v) is 2.76. The van der Waals surface area contributed by atoms with E-state index in [0.717, 1.165) is 10.9 Å². The molecule has 1 rings (SSSR count). The van der Waals surface area contributed by atoms with Crippen LogP contribution in [0.3, 0.4) is 0 Å². The molecule has 0 fully saturated rings. The molecule has 0 radical (unpaired) electrons. The molecule has 0 aromatic heterocycles. The highest BCUT2D eigenvalue weighted by Crippen LogP contribution is 2.22. The van der Waals surface area contributed by atoms with Crippen LogP contribution < -0.4 is 10.1 Å². The zero-order valence-electron chi connectivity index (χ0n) is 10.6. The maximum absolute atomic E-state index is 11.5. The van der Waals surface area contributed by atoms with E-state index in [4.69, 9.17) is 14.7 Å². The van der Waals surface area contributed by atoms with Gasteiger partial charge in [-0.2, -0.15) is 5.26 Å². The van der Waals surface area contributed by atoms with E-state index in [-0.39, 0.29) is 12.5 Å². The van der Waals surface area contributed by atoms with Gasteiger partial charge in [0.05, 0.1) is 5.56 Å². The molecule has 0 heterocycles. The number of nitrogens with one attached hydrogen (secondary N) is 1.